The molecule has 2 atom stereocenters. The van der Waals surface area contributed by atoms with Crippen molar-refractivity contribution >= 4 is 25.8 Å². The number of hydrogen-bond acceptors (Lipinski definition) is 2. The highest BCUT2D eigenvalue weighted by atomic mass is 79.9. The minimum absolute atomic E-state index is 0.346. The van der Waals surface area contributed by atoms with Gasteiger partial charge in [-0.1, -0.05) is 29.3 Å². The molecule has 0 aromatic heterocycles. The van der Waals surface area contributed by atoms with Gasteiger partial charge >= 0.3 is 0 Å². The molecule has 1 heterocycles. The summed E-state index contributed by atoms with van der Waals surface area (Å²) in [5.74, 6) is 1.14. The first-order chi connectivity index (χ1) is 6.05. The lowest BCUT2D eigenvalue weighted by Crippen LogP contribution is -2.30. The molecule has 0 spiro atoms. The fraction of sp³-hybridized carbons (Fsp3) is 1.00. The molecule has 0 radical (unpaired) electrons. The Morgan fingerprint density at radius 1 is 1.54 bits per heavy atom. The maximum Gasteiger partial charge on any atom is 0.150 e. The molecule has 1 rings (SSSR count). The molecular weight excluding hydrogens is 252 g/mol. The van der Waals surface area contributed by atoms with Gasteiger partial charge in [-0.3, -0.25) is 0 Å². The van der Waals surface area contributed by atoms with Crippen molar-refractivity contribution in [1.82, 2.24) is 0 Å². The monoisotopic (exact) mass is 268 g/mol. The molecule has 0 amide bonds. The van der Waals surface area contributed by atoms with Gasteiger partial charge < -0.3 is 0 Å². The lowest BCUT2D eigenvalue weighted by atomic mass is 9.99. The third-order valence-corrected chi connectivity index (χ3v) is 5.63. The van der Waals surface area contributed by atoms with Gasteiger partial charge in [-0.15, -0.1) is 0 Å². The number of halogens is 1. The summed E-state index contributed by atoms with van der Waals surface area (Å²) in [5.41, 5.74) is 0. The van der Waals surface area contributed by atoms with Gasteiger partial charge in [-0.25, -0.2) is 8.42 Å². The van der Waals surface area contributed by atoms with Crippen molar-refractivity contribution < 1.29 is 8.42 Å². The quantitative estimate of drug-likeness (QED) is 0.737. The van der Waals surface area contributed by atoms with Gasteiger partial charge in [0.05, 0.1) is 11.5 Å². The van der Waals surface area contributed by atoms with E-state index in [0.29, 0.717) is 22.3 Å². The van der Waals surface area contributed by atoms with E-state index in [1.165, 1.54) is 0 Å². The van der Waals surface area contributed by atoms with Crippen LogP contribution in [0.3, 0.4) is 0 Å². The predicted molar refractivity (Wildman–Crippen MR) is 59.0 cm³/mol. The Morgan fingerprint density at radius 2 is 2.23 bits per heavy atom. The van der Waals surface area contributed by atoms with E-state index in [2.05, 4.69) is 22.9 Å². The first kappa shape index (κ1) is 11.5. The molecule has 0 aliphatic carbocycles. The van der Waals surface area contributed by atoms with Crippen LogP contribution < -0.4 is 0 Å². The zero-order valence-electron chi connectivity index (χ0n) is 8.00. The average molecular weight is 269 g/mol. The summed E-state index contributed by atoms with van der Waals surface area (Å²) in [4.78, 5) is 0.396. The van der Waals surface area contributed by atoms with E-state index in [9.17, 15) is 8.42 Å². The molecule has 0 aromatic rings. The molecule has 2 unspecified atom stereocenters. The number of sulfone groups is 1. The van der Waals surface area contributed by atoms with Crippen LogP contribution in [0.5, 0.6) is 0 Å². The maximum absolute atomic E-state index is 11.3. The summed E-state index contributed by atoms with van der Waals surface area (Å²) in [5, 5.41) is 0. The Kier molecular flexibility index (Phi) is 4.23. The summed E-state index contributed by atoms with van der Waals surface area (Å²) in [6.45, 7) is 2.13. The molecule has 13 heavy (non-hydrogen) atoms. The molecule has 1 aliphatic rings. The highest BCUT2D eigenvalue weighted by Crippen LogP contribution is 2.28. The first-order valence-electron chi connectivity index (χ1n) is 4.89. The normalized spacial score (nSPS) is 29.8. The van der Waals surface area contributed by atoms with Crippen LogP contribution in [0.1, 0.15) is 32.6 Å². The highest BCUT2D eigenvalue weighted by molar-refractivity contribution is 9.09. The van der Waals surface area contributed by atoms with Crippen LogP contribution in [0.4, 0.5) is 0 Å². The van der Waals surface area contributed by atoms with Crippen molar-refractivity contribution in [3.63, 3.8) is 0 Å². The zero-order chi connectivity index (χ0) is 9.90. The van der Waals surface area contributed by atoms with E-state index in [4.69, 9.17) is 0 Å². The minimum Gasteiger partial charge on any atom is -0.229 e. The highest BCUT2D eigenvalue weighted by Gasteiger charge is 2.28. The van der Waals surface area contributed by atoms with Crippen molar-refractivity contribution in [1.29, 1.82) is 0 Å². The summed E-state index contributed by atoms with van der Waals surface area (Å²) >= 11 is 3.59. The minimum atomic E-state index is -2.73. The van der Waals surface area contributed by atoms with Gasteiger partial charge in [-0.2, -0.15) is 0 Å². The Balaban J connectivity index is 2.51. The number of alkyl halides is 1. The third kappa shape index (κ3) is 3.58. The van der Waals surface area contributed by atoms with E-state index < -0.39 is 9.84 Å². The average Bonchev–Trinajstić information content (AvgIpc) is 2.03. The van der Waals surface area contributed by atoms with Crippen LogP contribution in [0.25, 0.3) is 0 Å². The van der Waals surface area contributed by atoms with Crippen LogP contribution in [-0.4, -0.2) is 24.8 Å². The second-order valence-electron chi connectivity index (χ2n) is 3.82. The first-order valence-corrected chi connectivity index (χ1v) is 7.63. The van der Waals surface area contributed by atoms with Gasteiger partial charge in [0.25, 0.3) is 0 Å². The summed E-state index contributed by atoms with van der Waals surface area (Å²) in [6.07, 6.45) is 4.11. The molecule has 78 valence electrons. The second-order valence-corrected chi connectivity index (χ2v) is 7.23. The molecule has 1 fully saturated rings. The van der Waals surface area contributed by atoms with Crippen molar-refractivity contribution in [2.75, 3.05) is 11.5 Å². The number of rotatable bonds is 3. The predicted octanol–water partition coefficient (Wildman–Crippen LogP) is 2.37. The molecular formula is C9H17BrO2S. The molecule has 1 saturated heterocycles. The van der Waals surface area contributed by atoms with Crippen LogP contribution in [0, 0.1) is 5.92 Å². The summed E-state index contributed by atoms with van der Waals surface area (Å²) < 4.78 is 22.7. The van der Waals surface area contributed by atoms with E-state index >= 15 is 0 Å². The molecule has 2 nitrogen and oxygen atoms in total. The second kappa shape index (κ2) is 4.78. The van der Waals surface area contributed by atoms with Crippen LogP contribution in [0.15, 0.2) is 0 Å². The lowest BCUT2D eigenvalue weighted by molar-refractivity contribution is 0.459. The fourth-order valence-electron chi connectivity index (χ4n) is 1.86. The van der Waals surface area contributed by atoms with Gasteiger partial charge in [0.15, 0.2) is 9.84 Å². The molecule has 0 saturated carbocycles. The van der Waals surface area contributed by atoms with E-state index in [0.717, 1.165) is 25.7 Å². The molecule has 4 heteroatoms. The topological polar surface area (TPSA) is 34.1 Å². The Labute approximate surface area is 89.1 Å². The van der Waals surface area contributed by atoms with Gasteiger partial charge in [0.1, 0.15) is 0 Å². The zero-order valence-corrected chi connectivity index (χ0v) is 10.4. The van der Waals surface area contributed by atoms with Crippen LogP contribution in [0.2, 0.25) is 0 Å². The summed E-state index contributed by atoms with van der Waals surface area (Å²) in [6, 6.07) is 0. The van der Waals surface area contributed by atoms with E-state index in [1.807, 2.05) is 0 Å². The Morgan fingerprint density at radius 3 is 2.77 bits per heavy atom. The van der Waals surface area contributed by atoms with Crippen molar-refractivity contribution in [3.05, 3.63) is 0 Å². The van der Waals surface area contributed by atoms with Gasteiger partial charge in [-0.05, 0) is 25.2 Å². The van der Waals surface area contributed by atoms with Crippen molar-refractivity contribution in [2.45, 2.75) is 37.4 Å². The van der Waals surface area contributed by atoms with Gasteiger partial charge in [0.2, 0.25) is 0 Å². The molecule has 1 aliphatic heterocycles. The van der Waals surface area contributed by atoms with Crippen LogP contribution in [-0.2, 0) is 9.84 Å². The molecule has 0 aromatic carbocycles. The largest absolute Gasteiger partial charge is 0.229 e. The molecule has 0 N–H and O–H groups in total. The molecule has 0 bridgehead atoms. The SMILES string of the molecule is CCCC(Br)C1CCCS(=O)(=O)C1. The van der Waals surface area contributed by atoms with Crippen molar-refractivity contribution in [2.24, 2.45) is 5.92 Å². The lowest BCUT2D eigenvalue weighted by Gasteiger charge is -2.26. The maximum atomic E-state index is 11.3. The number of hydrogen-bond donors (Lipinski definition) is 0. The van der Waals surface area contributed by atoms with E-state index in [-0.39, 0.29) is 0 Å². The third-order valence-electron chi connectivity index (χ3n) is 2.57. The fourth-order valence-corrected chi connectivity index (χ4v) is 4.84. The van der Waals surface area contributed by atoms with Gasteiger partial charge in [0, 0.05) is 4.83 Å². The smallest absolute Gasteiger partial charge is 0.150 e. The van der Waals surface area contributed by atoms with E-state index in [1.54, 1.807) is 0 Å². The van der Waals surface area contributed by atoms with Crippen molar-refractivity contribution in [3.8, 4) is 0 Å². The summed E-state index contributed by atoms with van der Waals surface area (Å²) in [7, 11) is -2.73. The Bertz CT molecular complexity index is 248. The Hall–Kier alpha value is 0.430. The van der Waals surface area contributed by atoms with Crippen LogP contribution >= 0.6 is 15.9 Å². The standard InChI is InChI=1S/C9H17BrO2S/c1-2-4-9(10)8-5-3-6-13(11,12)7-8/h8-9H,2-7H2,1H3.